The zero-order valence-corrected chi connectivity index (χ0v) is 12.4. The number of H-pyrrole nitrogens is 1. The molecular weight excluding hydrogens is 321 g/mol. The van der Waals surface area contributed by atoms with Crippen LogP contribution in [0.3, 0.4) is 0 Å². The Kier molecular flexibility index (Phi) is 3.94. The third-order valence-corrected chi connectivity index (χ3v) is 5.15. The van der Waals surface area contributed by atoms with E-state index in [2.05, 4.69) is 20.9 Å². The normalized spacial score (nSPS) is 14.0. The fourth-order valence-electron chi connectivity index (χ4n) is 1.77. The lowest BCUT2D eigenvalue weighted by Crippen LogP contribution is -2.02. The van der Waals surface area contributed by atoms with E-state index in [9.17, 15) is 9.67 Å². The summed E-state index contributed by atoms with van der Waals surface area (Å²) in [6, 6.07) is 5.57. The van der Waals surface area contributed by atoms with Crippen LogP contribution in [0.2, 0.25) is 0 Å². The largest absolute Gasteiger partial charge is 0.376 e. The quantitative estimate of drug-likeness (QED) is 0.841. The minimum atomic E-state index is -3.56. The molecule has 2 rings (SSSR count). The molecule has 0 saturated heterocycles. The molecule has 0 spiro atoms. The van der Waals surface area contributed by atoms with Crippen molar-refractivity contribution in [1.29, 1.82) is 0 Å². The van der Waals surface area contributed by atoms with E-state index in [1.54, 1.807) is 6.20 Å². The minimum Gasteiger partial charge on any atom is -0.376 e. The van der Waals surface area contributed by atoms with E-state index >= 15 is 0 Å². The van der Waals surface area contributed by atoms with E-state index in [1.165, 1.54) is 14.2 Å². The van der Waals surface area contributed by atoms with Crippen molar-refractivity contribution in [2.45, 2.75) is 5.85 Å². The maximum Gasteiger partial charge on any atom is 0.362 e. The van der Waals surface area contributed by atoms with Crippen molar-refractivity contribution in [3.05, 3.63) is 34.4 Å². The molecule has 1 aromatic carbocycles. The summed E-state index contributed by atoms with van der Waals surface area (Å²) < 4.78 is 22.6. The Morgan fingerprint density at radius 3 is 2.67 bits per heavy atom. The first-order valence-corrected chi connectivity index (χ1v) is 7.58. The molecule has 2 N–H and O–H groups in total. The Labute approximate surface area is 113 Å². The lowest BCUT2D eigenvalue weighted by Gasteiger charge is -2.19. The van der Waals surface area contributed by atoms with Gasteiger partial charge >= 0.3 is 7.60 Å². The summed E-state index contributed by atoms with van der Waals surface area (Å²) in [4.78, 5) is 3.00. The first-order chi connectivity index (χ1) is 8.51. The topological polar surface area (TPSA) is 71.6 Å². The molecule has 7 heteroatoms. The number of nitrogens with one attached hydrogen (secondary N) is 1. The van der Waals surface area contributed by atoms with Gasteiger partial charge in [0.05, 0.1) is 0 Å². The number of rotatable bonds is 4. The third kappa shape index (κ3) is 2.27. The summed E-state index contributed by atoms with van der Waals surface area (Å²) in [5.74, 6) is -1.32. The zero-order chi connectivity index (χ0) is 13.3. The lowest BCUT2D eigenvalue weighted by atomic mass is 10.2. The van der Waals surface area contributed by atoms with E-state index in [0.717, 1.165) is 15.4 Å². The predicted molar refractivity (Wildman–Crippen MR) is 72.6 cm³/mol. The molecular formula is C11H13BrNO4P. The van der Waals surface area contributed by atoms with Crippen LogP contribution in [0.15, 0.2) is 28.9 Å². The average molecular weight is 334 g/mol. The summed E-state index contributed by atoms with van der Waals surface area (Å²) in [7, 11) is -1.06. The summed E-state index contributed by atoms with van der Waals surface area (Å²) in [5, 5.41) is 10.9. The Hall–Kier alpha value is -0.650. The standard InChI is InChI=1S/C11H13BrNO4P/c1-16-18(15,17-2)11(14)9-6-13-10-4-3-7(12)5-8(9)10/h3-6,11,13-14H,1-2H3/t11-/m1/s1. The van der Waals surface area contributed by atoms with E-state index < -0.39 is 13.4 Å². The molecule has 18 heavy (non-hydrogen) atoms. The Balaban J connectivity index is 2.54. The van der Waals surface area contributed by atoms with Crippen molar-refractivity contribution >= 4 is 34.4 Å². The van der Waals surface area contributed by atoms with E-state index in [0.29, 0.717) is 5.56 Å². The highest BCUT2D eigenvalue weighted by Gasteiger charge is 2.35. The smallest absolute Gasteiger partial charge is 0.362 e. The van der Waals surface area contributed by atoms with Gasteiger partial charge in [0.15, 0.2) is 5.85 Å². The number of benzene rings is 1. The van der Waals surface area contributed by atoms with Gasteiger partial charge in [-0.05, 0) is 18.2 Å². The molecule has 0 saturated carbocycles. The maximum absolute atomic E-state index is 12.2. The molecule has 1 atom stereocenters. The number of aromatic amines is 1. The van der Waals surface area contributed by atoms with Gasteiger partial charge in [-0.15, -0.1) is 0 Å². The van der Waals surface area contributed by atoms with E-state index in [4.69, 9.17) is 9.05 Å². The molecule has 98 valence electrons. The molecule has 5 nitrogen and oxygen atoms in total. The SMILES string of the molecule is COP(=O)(OC)[C@@H](O)c1c[nH]c2ccc(Br)cc12. The number of aliphatic hydroxyl groups excluding tert-OH is 1. The van der Waals surface area contributed by atoms with Gasteiger partial charge in [-0.1, -0.05) is 15.9 Å². The highest BCUT2D eigenvalue weighted by molar-refractivity contribution is 9.10. The molecule has 1 aromatic heterocycles. The number of aromatic nitrogens is 1. The highest BCUT2D eigenvalue weighted by Crippen LogP contribution is 2.59. The van der Waals surface area contributed by atoms with Crippen LogP contribution in [0.5, 0.6) is 0 Å². The van der Waals surface area contributed by atoms with Crippen molar-refractivity contribution in [1.82, 2.24) is 4.98 Å². The lowest BCUT2D eigenvalue weighted by molar-refractivity contribution is 0.177. The maximum atomic E-state index is 12.2. The van der Waals surface area contributed by atoms with Gasteiger partial charge < -0.3 is 19.1 Å². The summed E-state index contributed by atoms with van der Waals surface area (Å²) >= 11 is 3.36. The number of aliphatic hydroxyl groups is 1. The first-order valence-electron chi connectivity index (χ1n) is 5.17. The fourth-order valence-corrected chi connectivity index (χ4v) is 3.24. The van der Waals surface area contributed by atoms with E-state index in [-0.39, 0.29) is 0 Å². The summed E-state index contributed by atoms with van der Waals surface area (Å²) in [5.41, 5.74) is 1.32. The van der Waals surface area contributed by atoms with Crippen molar-refractivity contribution in [3.63, 3.8) is 0 Å². The monoisotopic (exact) mass is 333 g/mol. The second-order valence-electron chi connectivity index (χ2n) is 3.71. The number of halogens is 1. The van der Waals surface area contributed by atoms with Crippen molar-refractivity contribution in [2.24, 2.45) is 0 Å². The fraction of sp³-hybridized carbons (Fsp3) is 0.273. The van der Waals surface area contributed by atoms with Crippen LogP contribution in [0, 0.1) is 0 Å². The first kappa shape index (κ1) is 13.8. The van der Waals surface area contributed by atoms with Gasteiger partial charge in [0, 0.05) is 41.4 Å². The number of fused-ring (bicyclic) bond motifs is 1. The molecule has 0 unspecified atom stereocenters. The van der Waals surface area contributed by atoms with Crippen LogP contribution < -0.4 is 0 Å². The summed E-state index contributed by atoms with van der Waals surface area (Å²) in [6.07, 6.45) is 1.60. The summed E-state index contributed by atoms with van der Waals surface area (Å²) in [6.45, 7) is 0. The van der Waals surface area contributed by atoms with Gasteiger partial charge in [0.25, 0.3) is 0 Å². The number of hydrogen-bond donors (Lipinski definition) is 2. The molecule has 0 aliphatic carbocycles. The van der Waals surface area contributed by atoms with Gasteiger partial charge in [-0.2, -0.15) is 0 Å². The van der Waals surface area contributed by atoms with Gasteiger partial charge in [-0.25, -0.2) is 0 Å². The van der Waals surface area contributed by atoms with Crippen molar-refractivity contribution in [2.75, 3.05) is 14.2 Å². The second-order valence-corrected chi connectivity index (χ2v) is 6.93. The minimum absolute atomic E-state index is 0.485. The van der Waals surface area contributed by atoms with Crippen LogP contribution in [-0.2, 0) is 13.6 Å². The predicted octanol–water partition coefficient (Wildman–Crippen LogP) is 3.41. The van der Waals surface area contributed by atoms with Crippen LogP contribution in [0.4, 0.5) is 0 Å². The highest BCUT2D eigenvalue weighted by atomic mass is 79.9. The van der Waals surface area contributed by atoms with Gasteiger partial charge in [0.2, 0.25) is 0 Å². The van der Waals surface area contributed by atoms with E-state index in [1.807, 2.05) is 18.2 Å². The third-order valence-electron chi connectivity index (χ3n) is 2.76. The Morgan fingerprint density at radius 2 is 2.06 bits per heavy atom. The van der Waals surface area contributed by atoms with Gasteiger partial charge in [0.1, 0.15) is 0 Å². The Bertz CT molecular complexity index is 604. The second kappa shape index (κ2) is 5.15. The number of hydrogen-bond acceptors (Lipinski definition) is 4. The van der Waals surface area contributed by atoms with Crippen LogP contribution in [-0.4, -0.2) is 24.3 Å². The molecule has 0 bridgehead atoms. The molecule has 0 amide bonds. The molecule has 0 radical (unpaired) electrons. The van der Waals surface area contributed by atoms with Crippen LogP contribution >= 0.6 is 23.5 Å². The molecule has 0 aliphatic rings. The Morgan fingerprint density at radius 1 is 1.39 bits per heavy atom. The van der Waals surface area contributed by atoms with Crippen LogP contribution in [0.25, 0.3) is 10.9 Å². The molecule has 2 aromatic rings. The van der Waals surface area contributed by atoms with Crippen molar-refractivity contribution < 1.29 is 18.7 Å². The molecule has 1 heterocycles. The molecule has 0 fully saturated rings. The zero-order valence-electron chi connectivity index (χ0n) is 9.88. The van der Waals surface area contributed by atoms with Gasteiger partial charge in [-0.3, -0.25) is 4.57 Å². The van der Waals surface area contributed by atoms with Crippen LogP contribution in [0.1, 0.15) is 11.4 Å². The average Bonchev–Trinajstić information content (AvgIpc) is 2.79. The molecule has 0 aliphatic heterocycles. The van der Waals surface area contributed by atoms with Crippen molar-refractivity contribution in [3.8, 4) is 0 Å².